The molecular formula is C34H43NO13. The van der Waals surface area contributed by atoms with Gasteiger partial charge in [-0.3, -0.25) is 14.4 Å². The predicted octanol–water partition coefficient (Wildman–Crippen LogP) is 1.55. The summed E-state index contributed by atoms with van der Waals surface area (Å²) in [5.74, 6) is -3.31. The van der Waals surface area contributed by atoms with Gasteiger partial charge in [-0.05, 0) is 33.8 Å². The molecule has 0 amide bonds. The summed E-state index contributed by atoms with van der Waals surface area (Å²) in [7, 11) is 1.33. The zero-order chi connectivity index (χ0) is 35.2. The maximum Gasteiger partial charge on any atom is 0.202 e. The smallest absolute Gasteiger partial charge is 0.202 e. The molecule has 1 heterocycles. The highest BCUT2D eigenvalue weighted by atomic mass is 16.7. The number of carbonyl (C=O) groups is 3. The fourth-order valence-corrected chi connectivity index (χ4v) is 6.76. The number of carbonyl (C=O) groups excluding carboxylic acids is 3. The van der Waals surface area contributed by atoms with Crippen molar-refractivity contribution in [1.82, 2.24) is 0 Å². The monoisotopic (exact) mass is 673 g/mol. The van der Waals surface area contributed by atoms with Crippen LogP contribution in [0.2, 0.25) is 0 Å². The molecule has 0 bridgehead atoms. The minimum absolute atomic E-state index is 0.0332. The molecule has 2 aromatic carbocycles. The molecule has 3 aliphatic rings. The van der Waals surface area contributed by atoms with Crippen LogP contribution in [0.4, 0.5) is 0 Å². The van der Waals surface area contributed by atoms with Crippen LogP contribution in [0.5, 0.6) is 17.2 Å². The third-order valence-electron chi connectivity index (χ3n) is 9.25. The number of rotatable bonds is 11. The zero-order valence-electron chi connectivity index (χ0n) is 27.5. The fraction of sp³-hybridized carbons (Fsp3) is 0.559. The average Bonchev–Trinajstić information content (AvgIpc) is 3.02. The van der Waals surface area contributed by atoms with Crippen molar-refractivity contribution in [3.63, 3.8) is 0 Å². The number of Topliss-reactive ketones (excluding diaryl/α,β-unsaturated/α-hetero) is 1. The SMILES string of the molecule is COc1cccc2c1C(=O)c1c(O)c3c(c(O)c1C2=O)C[C@](O)(C(C)=O)C[C@@H]3O[C@H]1C[C@@H](N)[C@H](O[C@H](C[C@H](C)O)O[C@H](C)CO)[C@H](C)O1. The lowest BCUT2D eigenvalue weighted by atomic mass is 9.72. The van der Waals surface area contributed by atoms with E-state index in [0.717, 1.165) is 0 Å². The summed E-state index contributed by atoms with van der Waals surface area (Å²) in [6.07, 6.45) is -6.71. The van der Waals surface area contributed by atoms with Crippen molar-refractivity contribution >= 4 is 17.3 Å². The third kappa shape index (κ3) is 6.46. The number of benzene rings is 2. The number of hydrogen-bond donors (Lipinski definition) is 6. The molecular weight excluding hydrogens is 630 g/mol. The number of fused-ring (bicyclic) bond motifs is 3. The van der Waals surface area contributed by atoms with Gasteiger partial charge in [0, 0.05) is 48.4 Å². The normalized spacial score (nSPS) is 28.6. The van der Waals surface area contributed by atoms with Gasteiger partial charge < -0.3 is 55.0 Å². The molecule has 262 valence electrons. The standard InChI is InChI=1S/C34H43NO13/c1-14(37)9-23(45-15(2)13-36)48-33-16(3)46-24(10-20(33)35)47-22-12-34(43,17(4)38)11-19-26(22)32(42)28-27(30(19)40)29(39)18-7-6-8-21(44-5)25(18)31(28)41/h6-8,14-16,20,22-24,33,36-37,40,42-43H,9-13,35H2,1-5H3/t14-,15+,16-,20+,22-,23+,24-,33+,34+/m0/s1. The first-order valence-corrected chi connectivity index (χ1v) is 15.9. The lowest BCUT2D eigenvalue weighted by Crippen LogP contribution is -2.55. The molecule has 14 nitrogen and oxygen atoms in total. The Balaban J connectivity index is 1.49. The first kappa shape index (κ1) is 35.8. The second-order valence-corrected chi connectivity index (χ2v) is 12.9. The lowest BCUT2D eigenvalue weighted by Gasteiger charge is -2.43. The molecule has 1 saturated heterocycles. The second kappa shape index (κ2) is 13.8. The van der Waals surface area contributed by atoms with E-state index >= 15 is 0 Å². The van der Waals surface area contributed by atoms with Gasteiger partial charge in [0.25, 0.3) is 0 Å². The predicted molar refractivity (Wildman–Crippen MR) is 167 cm³/mol. The van der Waals surface area contributed by atoms with Crippen molar-refractivity contribution in [2.45, 2.75) is 108 Å². The molecule has 0 spiro atoms. The van der Waals surface area contributed by atoms with E-state index in [1.54, 1.807) is 20.8 Å². The Kier molecular flexibility index (Phi) is 10.3. The maximum atomic E-state index is 13.8. The number of ketones is 3. The van der Waals surface area contributed by atoms with Crippen LogP contribution in [0, 0.1) is 0 Å². The Morgan fingerprint density at radius 2 is 1.81 bits per heavy atom. The number of phenolic OH excluding ortho intramolecular Hbond substituents is 2. The van der Waals surface area contributed by atoms with Gasteiger partial charge in [-0.1, -0.05) is 12.1 Å². The lowest BCUT2D eigenvalue weighted by molar-refractivity contribution is -0.285. The fourth-order valence-electron chi connectivity index (χ4n) is 6.76. The van der Waals surface area contributed by atoms with E-state index in [1.807, 2.05) is 0 Å². The molecule has 7 N–H and O–H groups in total. The number of aliphatic hydroxyl groups is 3. The molecule has 0 radical (unpaired) electrons. The van der Waals surface area contributed by atoms with E-state index in [-0.39, 0.29) is 53.9 Å². The first-order chi connectivity index (χ1) is 22.6. The van der Waals surface area contributed by atoms with Crippen LogP contribution in [-0.4, -0.2) is 105 Å². The highest BCUT2D eigenvalue weighted by Gasteiger charge is 2.49. The molecule has 1 fully saturated rings. The Labute approximate surface area is 277 Å². The highest BCUT2D eigenvalue weighted by molar-refractivity contribution is 6.31. The minimum atomic E-state index is -2.05. The van der Waals surface area contributed by atoms with Crippen LogP contribution in [-0.2, 0) is 30.2 Å². The van der Waals surface area contributed by atoms with E-state index in [9.17, 15) is 39.9 Å². The Morgan fingerprint density at radius 1 is 1.12 bits per heavy atom. The Morgan fingerprint density at radius 3 is 2.42 bits per heavy atom. The van der Waals surface area contributed by atoms with Gasteiger partial charge in [-0.25, -0.2) is 0 Å². The van der Waals surface area contributed by atoms with Gasteiger partial charge >= 0.3 is 0 Å². The number of phenols is 2. The van der Waals surface area contributed by atoms with Crippen molar-refractivity contribution in [2.75, 3.05) is 13.7 Å². The van der Waals surface area contributed by atoms with E-state index in [1.165, 1.54) is 32.2 Å². The van der Waals surface area contributed by atoms with Crippen LogP contribution in [0.25, 0.3) is 0 Å². The molecule has 0 aromatic heterocycles. The van der Waals surface area contributed by atoms with Crippen LogP contribution >= 0.6 is 0 Å². The minimum Gasteiger partial charge on any atom is -0.507 e. The largest absolute Gasteiger partial charge is 0.507 e. The Hall–Kier alpha value is -3.47. The number of aromatic hydroxyl groups is 2. The maximum absolute atomic E-state index is 13.8. The van der Waals surface area contributed by atoms with Crippen LogP contribution < -0.4 is 10.5 Å². The van der Waals surface area contributed by atoms with Crippen molar-refractivity contribution < 1.29 is 63.6 Å². The van der Waals surface area contributed by atoms with Gasteiger partial charge in [0.1, 0.15) is 29.0 Å². The van der Waals surface area contributed by atoms with E-state index in [2.05, 4.69) is 0 Å². The third-order valence-corrected chi connectivity index (χ3v) is 9.25. The summed E-state index contributed by atoms with van der Waals surface area (Å²) in [4.78, 5) is 40.2. The van der Waals surface area contributed by atoms with E-state index in [0.29, 0.717) is 0 Å². The molecule has 9 atom stereocenters. The number of methoxy groups -OCH3 is 1. The van der Waals surface area contributed by atoms with Crippen molar-refractivity contribution in [3.05, 3.63) is 51.6 Å². The van der Waals surface area contributed by atoms with Crippen LogP contribution in [0.3, 0.4) is 0 Å². The molecule has 2 aromatic rings. The first-order valence-electron chi connectivity index (χ1n) is 15.9. The van der Waals surface area contributed by atoms with Crippen LogP contribution in [0.1, 0.15) is 96.0 Å². The molecule has 5 rings (SSSR count). The summed E-state index contributed by atoms with van der Waals surface area (Å²) in [6, 6.07) is 3.72. The topological polar surface area (TPSA) is 225 Å². The van der Waals surface area contributed by atoms with E-state index < -0.39 is 101 Å². The molecule has 0 unspecified atom stereocenters. The summed E-state index contributed by atoms with van der Waals surface area (Å²) in [5.41, 5.74) is 3.28. The number of aliphatic hydroxyl groups excluding tert-OH is 2. The molecule has 2 aliphatic carbocycles. The van der Waals surface area contributed by atoms with Gasteiger partial charge in [0.05, 0.1) is 54.8 Å². The molecule has 48 heavy (non-hydrogen) atoms. The number of hydrogen-bond acceptors (Lipinski definition) is 14. The second-order valence-electron chi connectivity index (χ2n) is 12.9. The van der Waals surface area contributed by atoms with Crippen molar-refractivity contribution in [3.8, 4) is 17.2 Å². The Bertz CT molecular complexity index is 1580. The van der Waals surface area contributed by atoms with Crippen LogP contribution in [0.15, 0.2) is 18.2 Å². The number of nitrogens with two attached hydrogens (primary N) is 1. The summed E-state index contributed by atoms with van der Waals surface area (Å²) < 4.78 is 29.5. The molecule has 0 saturated carbocycles. The molecule has 14 heteroatoms. The van der Waals surface area contributed by atoms with E-state index in [4.69, 9.17) is 29.4 Å². The zero-order valence-corrected chi connectivity index (χ0v) is 27.5. The summed E-state index contributed by atoms with van der Waals surface area (Å²) in [6.45, 7) is 5.82. The van der Waals surface area contributed by atoms with Crippen molar-refractivity contribution in [1.29, 1.82) is 0 Å². The quantitative estimate of drug-likeness (QED) is 0.126. The van der Waals surface area contributed by atoms with Gasteiger partial charge in [0.15, 0.2) is 24.1 Å². The van der Waals surface area contributed by atoms with Gasteiger partial charge in [-0.2, -0.15) is 0 Å². The number of ether oxygens (including phenoxy) is 5. The molecule has 1 aliphatic heterocycles. The van der Waals surface area contributed by atoms with Gasteiger partial charge in [-0.15, -0.1) is 0 Å². The highest BCUT2D eigenvalue weighted by Crippen LogP contribution is 2.52. The summed E-state index contributed by atoms with van der Waals surface area (Å²) in [5, 5.41) is 54.0. The van der Waals surface area contributed by atoms with Crippen molar-refractivity contribution in [2.24, 2.45) is 5.73 Å². The average molecular weight is 674 g/mol. The summed E-state index contributed by atoms with van der Waals surface area (Å²) >= 11 is 0. The van der Waals surface area contributed by atoms with Gasteiger partial charge in [0.2, 0.25) is 5.78 Å².